The van der Waals surface area contributed by atoms with Crippen LogP contribution in [0.4, 0.5) is 0 Å². The zero-order valence-corrected chi connectivity index (χ0v) is 9.43. The molecule has 1 nitrogen and oxygen atoms in total. The number of fused-ring (bicyclic) bond motifs is 1. The van der Waals surface area contributed by atoms with Gasteiger partial charge in [-0.3, -0.25) is 4.79 Å². The van der Waals surface area contributed by atoms with Crippen molar-refractivity contribution in [3.8, 4) is 0 Å². The van der Waals surface area contributed by atoms with Crippen LogP contribution in [0.5, 0.6) is 0 Å². The molecule has 1 fully saturated rings. The minimum Gasteiger partial charge on any atom is -0.294 e. The Morgan fingerprint density at radius 1 is 1.21 bits per heavy atom. The van der Waals surface area contributed by atoms with Gasteiger partial charge < -0.3 is 0 Å². The molecule has 2 aliphatic rings. The Hall–Kier alpha value is -0.630. The number of hydrogen-bond donors (Lipinski definition) is 0. The van der Waals surface area contributed by atoms with Gasteiger partial charge in [-0.1, -0.05) is 28.1 Å². The van der Waals surface area contributed by atoms with Crippen LogP contribution < -0.4 is 0 Å². The Balaban J connectivity index is 2.16. The van der Waals surface area contributed by atoms with Gasteiger partial charge in [-0.05, 0) is 37.3 Å². The number of carbonyl (C=O) groups is 1. The van der Waals surface area contributed by atoms with Crippen molar-refractivity contribution in [2.45, 2.75) is 25.7 Å². The van der Waals surface area contributed by atoms with Crippen LogP contribution in [0.3, 0.4) is 0 Å². The fourth-order valence-electron chi connectivity index (χ4n) is 2.42. The summed E-state index contributed by atoms with van der Waals surface area (Å²) in [5, 5.41) is 0. The third-order valence-corrected chi connectivity index (χ3v) is 4.30. The molecule has 2 aliphatic carbocycles. The van der Waals surface area contributed by atoms with E-state index in [0.717, 1.165) is 35.7 Å². The second-order valence-electron chi connectivity index (χ2n) is 4.38. The normalized spacial score (nSPS) is 22.2. The van der Waals surface area contributed by atoms with Crippen LogP contribution in [0.25, 0.3) is 0 Å². The van der Waals surface area contributed by atoms with E-state index in [1.165, 1.54) is 5.56 Å². The van der Waals surface area contributed by atoms with E-state index < -0.39 is 0 Å². The lowest BCUT2D eigenvalue weighted by Gasteiger charge is -2.23. The topological polar surface area (TPSA) is 17.1 Å². The molecule has 0 unspecified atom stereocenters. The van der Waals surface area contributed by atoms with E-state index >= 15 is 0 Å². The standard InChI is InChI=1S/C12H11BrO/c13-10-3-1-2-9-8(10)4-5-12(6-7-12)11(9)14/h1-3H,4-7H2. The lowest BCUT2D eigenvalue weighted by Crippen LogP contribution is -2.23. The van der Waals surface area contributed by atoms with Crippen molar-refractivity contribution < 1.29 is 4.79 Å². The molecule has 1 saturated carbocycles. The maximum atomic E-state index is 12.1. The molecule has 3 rings (SSSR count). The fraction of sp³-hybridized carbons (Fsp3) is 0.417. The molecule has 1 aromatic rings. The highest BCUT2D eigenvalue weighted by molar-refractivity contribution is 9.10. The van der Waals surface area contributed by atoms with Gasteiger partial charge in [0, 0.05) is 15.5 Å². The SMILES string of the molecule is O=C1c2cccc(Br)c2CCC12CC2. The van der Waals surface area contributed by atoms with Crippen LogP contribution in [0.2, 0.25) is 0 Å². The molecule has 0 N–H and O–H groups in total. The van der Waals surface area contributed by atoms with Gasteiger partial charge >= 0.3 is 0 Å². The van der Waals surface area contributed by atoms with Gasteiger partial charge in [0.05, 0.1) is 0 Å². The third kappa shape index (κ3) is 1.04. The number of benzene rings is 1. The predicted octanol–water partition coefficient (Wildman–Crippen LogP) is 3.36. The molecule has 0 amide bonds. The maximum Gasteiger partial charge on any atom is 0.169 e. The Morgan fingerprint density at radius 2 is 2.00 bits per heavy atom. The Kier molecular flexibility index (Phi) is 1.67. The van der Waals surface area contributed by atoms with Gasteiger partial charge in [-0.15, -0.1) is 0 Å². The minimum atomic E-state index is 0.0633. The quantitative estimate of drug-likeness (QED) is 0.691. The fourth-order valence-corrected chi connectivity index (χ4v) is 2.98. The van der Waals surface area contributed by atoms with Gasteiger partial charge in [0.15, 0.2) is 5.78 Å². The van der Waals surface area contributed by atoms with Crippen molar-refractivity contribution in [2.75, 3.05) is 0 Å². The van der Waals surface area contributed by atoms with Crippen LogP contribution >= 0.6 is 15.9 Å². The van der Waals surface area contributed by atoms with Crippen molar-refractivity contribution in [1.29, 1.82) is 0 Å². The highest BCUT2D eigenvalue weighted by Crippen LogP contribution is 2.55. The van der Waals surface area contributed by atoms with Crippen molar-refractivity contribution in [1.82, 2.24) is 0 Å². The number of ketones is 1. The summed E-state index contributed by atoms with van der Waals surface area (Å²) in [6.07, 6.45) is 4.33. The third-order valence-electron chi connectivity index (χ3n) is 3.55. The van der Waals surface area contributed by atoms with Gasteiger partial charge in [-0.2, -0.15) is 0 Å². The second-order valence-corrected chi connectivity index (χ2v) is 5.23. The summed E-state index contributed by atoms with van der Waals surface area (Å²) in [5.74, 6) is 0.389. The molecular formula is C12H11BrO. The smallest absolute Gasteiger partial charge is 0.169 e. The highest BCUT2D eigenvalue weighted by Gasteiger charge is 2.51. The van der Waals surface area contributed by atoms with Crippen LogP contribution in [-0.4, -0.2) is 5.78 Å². The summed E-state index contributed by atoms with van der Waals surface area (Å²) in [4.78, 5) is 12.1. The van der Waals surface area contributed by atoms with E-state index in [1.807, 2.05) is 18.2 Å². The van der Waals surface area contributed by atoms with Crippen molar-refractivity contribution in [3.05, 3.63) is 33.8 Å². The van der Waals surface area contributed by atoms with E-state index in [4.69, 9.17) is 0 Å². The van der Waals surface area contributed by atoms with Gasteiger partial charge in [-0.25, -0.2) is 0 Å². The average Bonchev–Trinajstić information content (AvgIpc) is 2.94. The molecule has 0 radical (unpaired) electrons. The van der Waals surface area contributed by atoms with Crippen LogP contribution in [0.15, 0.2) is 22.7 Å². The van der Waals surface area contributed by atoms with Crippen LogP contribution in [0.1, 0.15) is 35.2 Å². The molecule has 1 aromatic carbocycles. The highest BCUT2D eigenvalue weighted by atomic mass is 79.9. The first kappa shape index (κ1) is 8.66. The predicted molar refractivity (Wildman–Crippen MR) is 58.5 cm³/mol. The molecule has 72 valence electrons. The van der Waals surface area contributed by atoms with Crippen molar-refractivity contribution in [3.63, 3.8) is 0 Å². The molecule has 0 saturated heterocycles. The molecule has 0 heterocycles. The summed E-state index contributed by atoms with van der Waals surface area (Å²) in [6.45, 7) is 0. The Morgan fingerprint density at radius 3 is 2.71 bits per heavy atom. The first-order chi connectivity index (χ1) is 6.73. The molecule has 0 bridgehead atoms. The van der Waals surface area contributed by atoms with Gasteiger partial charge in [0.1, 0.15) is 0 Å². The summed E-state index contributed by atoms with van der Waals surface area (Å²) in [7, 11) is 0. The van der Waals surface area contributed by atoms with Crippen LogP contribution in [-0.2, 0) is 6.42 Å². The van der Waals surface area contributed by atoms with E-state index in [2.05, 4.69) is 15.9 Å². The molecule has 0 atom stereocenters. The Bertz CT molecular complexity index is 418. The largest absolute Gasteiger partial charge is 0.294 e. The summed E-state index contributed by atoms with van der Waals surface area (Å²) < 4.78 is 1.10. The Labute approximate surface area is 91.6 Å². The van der Waals surface area contributed by atoms with Crippen LogP contribution in [0, 0.1) is 5.41 Å². The molecule has 1 spiro atoms. The van der Waals surface area contributed by atoms with E-state index in [0.29, 0.717) is 5.78 Å². The zero-order chi connectivity index (χ0) is 9.76. The van der Waals surface area contributed by atoms with E-state index in [1.54, 1.807) is 0 Å². The lowest BCUT2D eigenvalue weighted by molar-refractivity contribution is 0.0880. The minimum absolute atomic E-state index is 0.0633. The summed E-state index contributed by atoms with van der Waals surface area (Å²) in [5.41, 5.74) is 2.24. The first-order valence-corrected chi connectivity index (χ1v) is 5.84. The van der Waals surface area contributed by atoms with Crippen molar-refractivity contribution in [2.24, 2.45) is 5.41 Å². The van der Waals surface area contributed by atoms with E-state index in [9.17, 15) is 4.79 Å². The zero-order valence-electron chi connectivity index (χ0n) is 7.85. The number of Topliss-reactive ketones (excluding diaryl/α,β-unsaturated/α-hetero) is 1. The second kappa shape index (κ2) is 2.69. The molecule has 0 aliphatic heterocycles. The first-order valence-electron chi connectivity index (χ1n) is 5.05. The molecule has 14 heavy (non-hydrogen) atoms. The number of carbonyl (C=O) groups excluding carboxylic acids is 1. The maximum absolute atomic E-state index is 12.1. The number of hydrogen-bond acceptors (Lipinski definition) is 1. The number of rotatable bonds is 0. The molecular weight excluding hydrogens is 240 g/mol. The van der Waals surface area contributed by atoms with E-state index in [-0.39, 0.29) is 5.41 Å². The molecule has 0 aromatic heterocycles. The monoisotopic (exact) mass is 250 g/mol. The lowest BCUT2D eigenvalue weighted by atomic mass is 9.80. The summed E-state index contributed by atoms with van der Waals surface area (Å²) >= 11 is 3.52. The van der Waals surface area contributed by atoms with Gasteiger partial charge in [0.25, 0.3) is 0 Å². The van der Waals surface area contributed by atoms with Crippen molar-refractivity contribution >= 4 is 21.7 Å². The molecule has 2 heteroatoms. The average molecular weight is 251 g/mol. The number of halogens is 1. The van der Waals surface area contributed by atoms with Gasteiger partial charge in [0.2, 0.25) is 0 Å². The summed E-state index contributed by atoms with van der Waals surface area (Å²) in [6, 6.07) is 5.96.